The molecular weight excluding hydrogens is 306 g/mol. The van der Waals surface area contributed by atoms with Gasteiger partial charge >= 0.3 is 6.03 Å². The molecule has 1 heterocycles. The number of nitrogens with one attached hydrogen (secondary N) is 2. The van der Waals surface area contributed by atoms with Gasteiger partial charge in [0.05, 0.1) is 5.69 Å². The second-order valence-corrected chi connectivity index (χ2v) is 5.07. The summed E-state index contributed by atoms with van der Waals surface area (Å²) < 4.78 is 0.914. The zero-order valence-corrected chi connectivity index (χ0v) is 12.3. The number of carbonyl (C=O) groups excluding carboxylic acids is 1. The summed E-state index contributed by atoms with van der Waals surface area (Å²) in [5.41, 5.74) is 2.68. The number of urea groups is 1. The number of pyridine rings is 1. The van der Waals surface area contributed by atoms with Crippen molar-refractivity contribution < 1.29 is 4.79 Å². The molecule has 0 aliphatic carbocycles. The van der Waals surface area contributed by atoms with E-state index in [-0.39, 0.29) is 6.03 Å². The summed E-state index contributed by atoms with van der Waals surface area (Å²) in [5.74, 6) is 0.519. The SMILES string of the molecule is Cc1cccc(NC(=O)Nc2ccc(Br)c(C)n2)c1. The van der Waals surface area contributed by atoms with E-state index in [4.69, 9.17) is 0 Å². The molecule has 2 aromatic rings. The zero-order chi connectivity index (χ0) is 13.8. The molecule has 2 amide bonds. The van der Waals surface area contributed by atoms with Crippen molar-refractivity contribution in [1.82, 2.24) is 4.98 Å². The van der Waals surface area contributed by atoms with E-state index in [1.807, 2.05) is 44.2 Å². The van der Waals surface area contributed by atoms with Crippen LogP contribution in [0.3, 0.4) is 0 Å². The molecule has 5 heteroatoms. The van der Waals surface area contributed by atoms with Gasteiger partial charge < -0.3 is 5.32 Å². The lowest BCUT2D eigenvalue weighted by molar-refractivity contribution is 0.262. The second kappa shape index (κ2) is 5.84. The molecule has 0 saturated heterocycles. The summed E-state index contributed by atoms with van der Waals surface area (Å²) in [4.78, 5) is 16.1. The lowest BCUT2D eigenvalue weighted by atomic mass is 10.2. The minimum Gasteiger partial charge on any atom is -0.308 e. The van der Waals surface area contributed by atoms with Crippen LogP contribution in [0, 0.1) is 13.8 Å². The summed E-state index contributed by atoms with van der Waals surface area (Å²) in [6, 6.07) is 10.9. The molecule has 0 fully saturated rings. The Morgan fingerprint density at radius 3 is 2.63 bits per heavy atom. The Kier molecular flexibility index (Phi) is 4.16. The third-order valence-electron chi connectivity index (χ3n) is 2.54. The van der Waals surface area contributed by atoms with Crippen LogP contribution in [0.5, 0.6) is 0 Å². The number of hydrogen-bond acceptors (Lipinski definition) is 2. The molecule has 0 spiro atoms. The van der Waals surface area contributed by atoms with Crippen molar-refractivity contribution in [2.24, 2.45) is 0 Å². The Morgan fingerprint density at radius 1 is 1.16 bits per heavy atom. The molecule has 0 aliphatic heterocycles. The molecular formula is C14H14BrN3O. The first-order chi connectivity index (χ1) is 9.04. The highest BCUT2D eigenvalue weighted by atomic mass is 79.9. The van der Waals surface area contributed by atoms with Gasteiger partial charge in [0.2, 0.25) is 0 Å². The first-order valence-corrected chi connectivity index (χ1v) is 6.62. The number of aromatic nitrogens is 1. The minimum absolute atomic E-state index is 0.306. The number of rotatable bonds is 2. The molecule has 0 bridgehead atoms. The van der Waals surface area contributed by atoms with Gasteiger partial charge in [0.25, 0.3) is 0 Å². The van der Waals surface area contributed by atoms with E-state index in [1.54, 1.807) is 6.07 Å². The van der Waals surface area contributed by atoms with Crippen molar-refractivity contribution in [3.63, 3.8) is 0 Å². The fraction of sp³-hybridized carbons (Fsp3) is 0.143. The summed E-state index contributed by atoms with van der Waals surface area (Å²) >= 11 is 3.37. The van der Waals surface area contributed by atoms with Crippen LogP contribution in [0.1, 0.15) is 11.3 Å². The Bertz CT molecular complexity index is 613. The third-order valence-corrected chi connectivity index (χ3v) is 3.38. The van der Waals surface area contributed by atoms with Crippen molar-refractivity contribution in [1.29, 1.82) is 0 Å². The third kappa shape index (κ3) is 3.79. The van der Waals surface area contributed by atoms with Crippen molar-refractivity contribution in [2.45, 2.75) is 13.8 Å². The van der Waals surface area contributed by atoms with Crippen molar-refractivity contribution >= 4 is 33.5 Å². The highest BCUT2D eigenvalue weighted by Crippen LogP contribution is 2.16. The molecule has 98 valence electrons. The van der Waals surface area contributed by atoms with Gasteiger partial charge in [-0.05, 0) is 59.6 Å². The van der Waals surface area contributed by atoms with Gasteiger partial charge in [-0.3, -0.25) is 5.32 Å². The lowest BCUT2D eigenvalue weighted by Gasteiger charge is -2.08. The molecule has 1 aromatic heterocycles. The monoisotopic (exact) mass is 319 g/mol. The van der Waals surface area contributed by atoms with E-state index in [1.165, 1.54) is 0 Å². The van der Waals surface area contributed by atoms with Gasteiger partial charge in [-0.15, -0.1) is 0 Å². The van der Waals surface area contributed by atoms with Crippen molar-refractivity contribution in [2.75, 3.05) is 10.6 Å². The first kappa shape index (κ1) is 13.5. The number of anilines is 2. The maximum atomic E-state index is 11.8. The molecule has 4 nitrogen and oxygen atoms in total. The quantitative estimate of drug-likeness (QED) is 0.875. The standard InChI is InChI=1S/C14H14BrN3O/c1-9-4-3-5-11(8-9)17-14(19)18-13-7-6-12(15)10(2)16-13/h3-8H,1-2H3,(H2,16,17,18,19). The average Bonchev–Trinajstić information content (AvgIpc) is 2.34. The normalized spacial score (nSPS) is 10.1. The molecule has 19 heavy (non-hydrogen) atoms. The Hall–Kier alpha value is -1.88. The van der Waals surface area contributed by atoms with Crippen LogP contribution < -0.4 is 10.6 Å². The lowest BCUT2D eigenvalue weighted by Crippen LogP contribution is -2.20. The molecule has 0 radical (unpaired) electrons. The number of benzene rings is 1. The van der Waals surface area contributed by atoms with E-state index in [2.05, 4.69) is 31.5 Å². The minimum atomic E-state index is -0.306. The first-order valence-electron chi connectivity index (χ1n) is 5.82. The summed E-state index contributed by atoms with van der Waals surface area (Å²) in [6.07, 6.45) is 0. The highest BCUT2D eigenvalue weighted by molar-refractivity contribution is 9.10. The number of carbonyl (C=O) groups is 1. The maximum absolute atomic E-state index is 11.8. The number of aryl methyl sites for hydroxylation is 2. The summed E-state index contributed by atoms with van der Waals surface area (Å²) in [7, 11) is 0. The van der Waals surface area contributed by atoms with Gasteiger partial charge in [0, 0.05) is 10.2 Å². The van der Waals surface area contributed by atoms with E-state index >= 15 is 0 Å². The largest absolute Gasteiger partial charge is 0.324 e. The van der Waals surface area contributed by atoms with Gasteiger partial charge in [0.1, 0.15) is 5.82 Å². The van der Waals surface area contributed by atoms with Crippen molar-refractivity contribution in [3.8, 4) is 0 Å². The second-order valence-electron chi connectivity index (χ2n) is 4.21. The van der Waals surface area contributed by atoms with Crippen LogP contribution in [-0.2, 0) is 0 Å². The number of nitrogens with zero attached hydrogens (tertiary/aromatic N) is 1. The summed E-state index contributed by atoms with van der Waals surface area (Å²) in [6.45, 7) is 3.84. The van der Waals surface area contributed by atoms with Crippen LogP contribution in [0.15, 0.2) is 40.9 Å². The highest BCUT2D eigenvalue weighted by Gasteiger charge is 2.05. The maximum Gasteiger partial charge on any atom is 0.324 e. The molecule has 0 saturated carbocycles. The Balaban J connectivity index is 2.03. The van der Waals surface area contributed by atoms with E-state index in [0.717, 1.165) is 21.4 Å². The predicted octanol–water partition coefficient (Wildman–Crippen LogP) is 4.10. The van der Waals surface area contributed by atoms with Crippen LogP contribution in [0.2, 0.25) is 0 Å². The predicted molar refractivity (Wildman–Crippen MR) is 80.5 cm³/mol. The average molecular weight is 320 g/mol. The van der Waals surface area contributed by atoms with E-state index in [9.17, 15) is 4.79 Å². The van der Waals surface area contributed by atoms with Crippen LogP contribution in [0.25, 0.3) is 0 Å². The smallest absolute Gasteiger partial charge is 0.308 e. The van der Waals surface area contributed by atoms with Gasteiger partial charge in [-0.25, -0.2) is 9.78 Å². The van der Waals surface area contributed by atoms with Crippen LogP contribution in [-0.4, -0.2) is 11.0 Å². The number of amides is 2. The van der Waals surface area contributed by atoms with Gasteiger partial charge in [-0.1, -0.05) is 12.1 Å². The molecule has 2 N–H and O–H groups in total. The number of halogens is 1. The fourth-order valence-electron chi connectivity index (χ4n) is 1.62. The van der Waals surface area contributed by atoms with Crippen LogP contribution in [0.4, 0.5) is 16.3 Å². The zero-order valence-electron chi connectivity index (χ0n) is 10.7. The topological polar surface area (TPSA) is 54.0 Å². The Morgan fingerprint density at radius 2 is 1.95 bits per heavy atom. The summed E-state index contributed by atoms with van der Waals surface area (Å²) in [5, 5.41) is 5.46. The number of hydrogen-bond donors (Lipinski definition) is 2. The van der Waals surface area contributed by atoms with Gasteiger partial charge in [-0.2, -0.15) is 0 Å². The molecule has 0 atom stereocenters. The fourth-order valence-corrected chi connectivity index (χ4v) is 1.84. The van der Waals surface area contributed by atoms with E-state index < -0.39 is 0 Å². The molecule has 0 unspecified atom stereocenters. The van der Waals surface area contributed by atoms with E-state index in [0.29, 0.717) is 5.82 Å². The molecule has 1 aromatic carbocycles. The van der Waals surface area contributed by atoms with Crippen LogP contribution >= 0.6 is 15.9 Å². The van der Waals surface area contributed by atoms with Gasteiger partial charge in [0.15, 0.2) is 0 Å². The molecule has 0 aliphatic rings. The molecule has 2 rings (SSSR count). The Labute approximate surface area is 120 Å². The van der Waals surface area contributed by atoms with Crippen molar-refractivity contribution in [3.05, 3.63) is 52.1 Å².